The molecule has 0 unspecified atom stereocenters. The number of carbonyl (C=O) groups is 1. The smallest absolute Gasteiger partial charge is 0.253 e. The van der Waals surface area contributed by atoms with Crippen LogP contribution in [0.4, 0.5) is 4.39 Å². The van der Waals surface area contributed by atoms with E-state index in [0.29, 0.717) is 12.1 Å². The maximum atomic E-state index is 13.8. The van der Waals surface area contributed by atoms with E-state index in [0.717, 1.165) is 12.8 Å². The molecule has 1 rings (SSSR count). The van der Waals surface area contributed by atoms with E-state index in [1.54, 1.807) is 18.0 Å². The van der Waals surface area contributed by atoms with Crippen molar-refractivity contribution in [1.82, 2.24) is 4.90 Å². The highest BCUT2D eigenvalue weighted by atomic mass is 19.1. The standard InChI is InChI=1S/C15H22FNO2/c1-5-6-9-17(4)15(18)12-7-8-14(13(16)10-12)19-11(2)3/h7-8,10-11H,5-6,9H2,1-4H3. The molecule has 0 fully saturated rings. The van der Waals surface area contributed by atoms with Gasteiger partial charge in [0.15, 0.2) is 11.6 Å². The number of hydrogen-bond acceptors (Lipinski definition) is 2. The third-order valence-corrected chi connectivity index (χ3v) is 2.74. The average Bonchev–Trinajstić information content (AvgIpc) is 2.37. The molecule has 3 nitrogen and oxygen atoms in total. The Hall–Kier alpha value is -1.58. The van der Waals surface area contributed by atoms with Crippen molar-refractivity contribution in [1.29, 1.82) is 0 Å². The van der Waals surface area contributed by atoms with Gasteiger partial charge in [-0.05, 0) is 38.5 Å². The highest BCUT2D eigenvalue weighted by Gasteiger charge is 2.14. The Morgan fingerprint density at radius 3 is 2.63 bits per heavy atom. The van der Waals surface area contributed by atoms with Crippen molar-refractivity contribution < 1.29 is 13.9 Å². The van der Waals surface area contributed by atoms with Gasteiger partial charge in [-0.25, -0.2) is 4.39 Å². The molecule has 1 amide bonds. The lowest BCUT2D eigenvalue weighted by Gasteiger charge is -2.17. The highest BCUT2D eigenvalue weighted by Crippen LogP contribution is 2.20. The Labute approximate surface area is 114 Å². The van der Waals surface area contributed by atoms with Crippen LogP contribution in [0.2, 0.25) is 0 Å². The van der Waals surface area contributed by atoms with Crippen molar-refractivity contribution >= 4 is 5.91 Å². The Kier molecular flexibility index (Phi) is 5.80. The lowest BCUT2D eigenvalue weighted by Crippen LogP contribution is -2.27. The van der Waals surface area contributed by atoms with E-state index in [1.807, 2.05) is 13.8 Å². The Bertz CT molecular complexity index is 432. The zero-order valence-electron chi connectivity index (χ0n) is 12.1. The van der Waals surface area contributed by atoms with Gasteiger partial charge >= 0.3 is 0 Å². The first-order chi connectivity index (χ1) is 8.95. The molecule has 4 heteroatoms. The van der Waals surface area contributed by atoms with Crippen molar-refractivity contribution in [3.8, 4) is 5.75 Å². The normalized spacial score (nSPS) is 10.6. The van der Waals surface area contributed by atoms with E-state index in [2.05, 4.69) is 6.92 Å². The first-order valence-electron chi connectivity index (χ1n) is 6.67. The minimum Gasteiger partial charge on any atom is -0.488 e. The van der Waals surface area contributed by atoms with E-state index in [4.69, 9.17) is 4.74 Å². The van der Waals surface area contributed by atoms with Crippen LogP contribution in [-0.4, -0.2) is 30.5 Å². The van der Waals surface area contributed by atoms with Gasteiger partial charge in [0, 0.05) is 19.2 Å². The van der Waals surface area contributed by atoms with Crippen LogP contribution in [0, 0.1) is 5.82 Å². The van der Waals surface area contributed by atoms with Crippen LogP contribution in [0.1, 0.15) is 44.0 Å². The highest BCUT2D eigenvalue weighted by molar-refractivity contribution is 5.94. The number of hydrogen-bond donors (Lipinski definition) is 0. The molecule has 0 spiro atoms. The number of benzene rings is 1. The van der Waals surface area contributed by atoms with Gasteiger partial charge in [0.05, 0.1) is 6.10 Å². The summed E-state index contributed by atoms with van der Waals surface area (Å²) >= 11 is 0. The largest absolute Gasteiger partial charge is 0.488 e. The first-order valence-corrected chi connectivity index (χ1v) is 6.67. The van der Waals surface area contributed by atoms with Crippen molar-refractivity contribution in [3.63, 3.8) is 0 Å². The van der Waals surface area contributed by atoms with E-state index < -0.39 is 5.82 Å². The molecule has 0 saturated heterocycles. The summed E-state index contributed by atoms with van der Waals surface area (Å²) in [5.74, 6) is -0.477. The predicted molar refractivity (Wildman–Crippen MR) is 74.0 cm³/mol. The Balaban J connectivity index is 2.79. The maximum Gasteiger partial charge on any atom is 0.253 e. The molecule has 0 N–H and O–H groups in total. The second kappa shape index (κ2) is 7.12. The van der Waals surface area contributed by atoms with Gasteiger partial charge in [0.2, 0.25) is 0 Å². The van der Waals surface area contributed by atoms with Gasteiger partial charge in [-0.2, -0.15) is 0 Å². The van der Waals surface area contributed by atoms with Crippen molar-refractivity contribution in [2.45, 2.75) is 39.7 Å². The van der Waals surface area contributed by atoms with Crippen LogP contribution < -0.4 is 4.74 Å². The summed E-state index contributed by atoms with van der Waals surface area (Å²) in [6.45, 7) is 6.41. The van der Waals surface area contributed by atoms with E-state index in [1.165, 1.54) is 12.1 Å². The van der Waals surface area contributed by atoms with Crippen LogP contribution in [0.25, 0.3) is 0 Å². The third-order valence-electron chi connectivity index (χ3n) is 2.74. The zero-order valence-corrected chi connectivity index (χ0v) is 12.1. The Morgan fingerprint density at radius 1 is 1.42 bits per heavy atom. The molecule has 1 aromatic rings. The maximum absolute atomic E-state index is 13.8. The minimum absolute atomic E-state index is 0.0942. The number of unbranched alkanes of at least 4 members (excludes halogenated alkanes) is 1. The average molecular weight is 267 g/mol. The monoisotopic (exact) mass is 267 g/mol. The summed E-state index contributed by atoms with van der Waals surface area (Å²) < 4.78 is 19.1. The van der Waals surface area contributed by atoms with Crippen LogP contribution in [0.5, 0.6) is 5.75 Å². The summed E-state index contributed by atoms with van der Waals surface area (Å²) in [5.41, 5.74) is 0.354. The van der Waals surface area contributed by atoms with Crippen LogP contribution in [0.3, 0.4) is 0 Å². The molecule has 0 aliphatic carbocycles. The molecular formula is C15H22FNO2. The summed E-state index contributed by atoms with van der Waals surface area (Å²) in [6.07, 6.45) is 1.87. The molecule has 0 radical (unpaired) electrons. The SMILES string of the molecule is CCCCN(C)C(=O)c1ccc(OC(C)C)c(F)c1. The van der Waals surface area contributed by atoms with Crippen LogP contribution in [-0.2, 0) is 0 Å². The van der Waals surface area contributed by atoms with Gasteiger partial charge in [0.1, 0.15) is 0 Å². The number of carbonyl (C=O) groups excluding carboxylic acids is 1. The predicted octanol–water partition coefficient (Wildman–Crippen LogP) is 3.49. The quantitative estimate of drug-likeness (QED) is 0.789. The fourth-order valence-electron chi connectivity index (χ4n) is 1.70. The first kappa shape index (κ1) is 15.5. The van der Waals surface area contributed by atoms with Crippen LogP contribution >= 0.6 is 0 Å². The van der Waals surface area contributed by atoms with Crippen LogP contribution in [0.15, 0.2) is 18.2 Å². The molecular weight excluding hydrogens is 245 g/mol. The molecule has 0 aliphatic rings. The number of nitrogens with zero attached hydrogens (tertiary/aromatic N) is 1. The van der Waals surface area contributed by atoms with Crippen molar-refractivity contribution in [3.05, 3.63) is 29.6 Å². The number of halogens is 1. The lowest BCUT2D eigenvalue weighted by molar-refractivity contribution is 0.0792. The summed E-state index contributed by atoms with van der Waals surface area (Å²) in [7, 11) is 1.73. The molecule has 0 atom stereocenters. The lowest BCUT2D eigenvalue weighted by atomic mass is 10.1. The number of amides is 1. The number of rotatable bonds is 6. The molecule has 0 aliphatic heterocycles. The van der Waals surface area contributed by atoms with Gasteiger partial charge < -0.3 is 9.64 Å². The summed E-state index contributed by atoms with van der Waals surface area (Å²) in [6, 6.07) is 4.35. The van der Waals surface area contributed by atoms with Crippen molar-refractivity contribution in [2.24, 2.45) is 0 Å². The molecule has 0 aromatic heterocycles. The molecule has 1 aromatic carbocycles. The van der Waals surface area contributed by atoms with E-state index in [9.17, 15) is 9.18 Å². The molecule has 0 saturated carbocycles. The van der Waals surface area contributed by atoms with E-state index >= 15 is 0 Å². The zero-order chi connectivity index (χ0) is 14.4. The van der Waals surface area contributed by atoms with Gasteiger partial charge in [-0.3, -0.25) is 4.79 Å². The summed E-state index contributed by atoms with van der Waals surface area (Å²) in [5, 5.41) is 0. The summed E-state index contributed by atoms with van der Waals surface area (Å²) in [4.78, 5) is 13.7. The molecule has 0 heterocycles. The molecule has 19 heavy (non-hydrogen) atoms. The minimum atomic E-state index is -0.497. The third kappa shape index (κ3) is 4.54. The van der Waals surface area contributed by atoms with Gasteiger partial charge in [-0.1, -0.05) is 13.3 Å². The second-order valence-corrected chi connectivity index (χ2v) is 4.89. The van der Waals surface area contributed by atoms with E-state index in [-0.39, 0.29) is 17.8 Å². The van der Waals surface area contributed by atoms with Crippen molar-refractivity contribution in [2.75, 3.05) is 13.6 Å². The van der Waals surface area contributed by atoms with Gasteiger partial charge in [-0.15, -0.1) is 0 Å². The molecule has 0 bridgehead atoms. The second-order valence-electron chi connectivity index (χ2n) is 4.89. The Morgan fingerprint density at radius 2 is 2.11 bits per heavy atom. The number of ether oxygens (including phenoxy) is 1. The fraction of sp³-hybridized carbons (Fsp3) is 0.533. The fourth-order valence-corrected chi connectivity index (χ4v) is 1.70. The van der Waals surface area contributed by atoms with Gasteiger partial charge in [0.25, 0.3) is 5.91 Å². The topological polar surface area (TPSA) is 29.5 Å². The molecule has 106 valence electrons.